The number of anilines is 1. The number of thiocarbonyl (C=S) groups is 1. The zero-order valence-corrected chi connectivity index (χ0v) is 19.7. The summed E-state index contributed by atoms with van der Waals surface area (Å²) >= 11 is 7.29. The Morgan fingerprint density at radius 3 is 2.67 bits per heavy atom. The fourth-order valence-electron chi connectivity index (χ4n) is 3.99. The highest BCUT2D eigenvalue weighted by molar-refractivity contribution is 7.80. The van der Waals surface area contributed by atoms with E-state index in [1.807, 2.05) is 47.5 Å². The van der Waals surface area contributed by atoms with E-state index in [4.69, 9.17) is 16.7 Å². The summed E-state index contributed by atoms with van der Waals surface area (Å²) in [4.78, 5) is 7.54. The number of benzene rings is 2. The molecule has 1 atom stereocenters. The molecule has 1 aliphatic heterocycles. The summed E-state index contributed by atoms with van der Waals surface area (Å²) in [6, 6.07) is 18.2. The van der Waals surface area contributed by atoms with E-state index in [1.165, 1.54) is 29.0 Å². The molecule has 8 heteroatoms. The van der Waals surface area contributed by atoms with Gasteiger partial charge in [0.2, 0.25) is 5.82 Å². The normalized spacial score (nSPS) is 16.3. The molecule has 1 N–H and O–H groups in total. The largest absolute Gasteiger partial charge is 0.351 e. The minimum atomic E-state index is -0.434. The fraction of sp³-hybridized carbons (Fsp3) is 0.160. The summed E-state index contributed by atoms with van der Waals surface area (Å²) in [5.41, 5.74) is 4.49. The van der Waals surface area contributed by atoms with Gasteiger partial charge in [0.15, 0.2) is 5.11 Å². The summed E-state index contributed by atoms with van der Waals surface area (Å²) in [6.45, 7) is 4.09. The summed E-state index contributed by atoms with van der Waals surface area (Å²) in [6.07, 6.45) is 0.957. The number of aromatic nitrogens is 2. The average Bonchev–Trinajstić information content (AvgIpc) is 3.51. The second-order valence-corrected chi connectivity index (χ2v) is 9.03. The highest BCUT2D eigenvalue weighted by Crippen LogP contribution is 2.39. The van der Waals surface area contributed by atoms with Gasteiger partial charge >= 0.3 is 0 Å². The maximum Gasteiger partial charge on any atom is 0.258 e. The van der Waals surface area contributed by atoms with Crippen molar-refractivity contribution in [3.63, 3.8) is 0 Å². The lowest BCUT2D eigenvalue weighted by Crippen LogP contribution is -2.46. The third-order valence-electron chi connectivity index (χ3n) is 5.67. The van der Waals surface area contributed by atoms with Crippen LogP contribution in [0.15, 0.2) is 76.3 Å². The molecule has 0 spiro atoms. The molecule has 2 aromatic heterocycles. The maximum absolute atomic E-state index is 14.1. The minimum Gasteiger partial charge on any atom is -0.351 e. The molecule has 5 nitrogen and oxygen atoms in total. The smallest absolute Gasteiger partial charge is 0.258 e. The van der Waals surface area contributed by atoms with Crippen LogP contribution in [0.1, 0.15) is 36.9 Å². The number of thiophene rings is 1. The Morgan fingerprint density at radius 2 is 1.97 bits per heavy atom. The van der Waals surface area contributed by atoms with Gasteiger partial charge in [-0.15, -0.1) is 11.3 Å². The summed E-state index contributed by atoms with van der Waals surface area (Å²) in [5.74, 6) is 0.570. The SMILES string of the molecule is CCc1ccc(N2C(=S)NC(c3cccc(F)c3)C(c3nc(-c4cccs4)no3)=C2C)cc1. The first kappa shape index (κ1) is 21.5. The van der Waals surface area contributed by atoms with Gasteiger partial charge in [0.1, 0.15) is 5.82 Å². The molecule has 5 rings (SSSR count). The predicted octanol–water partition coefficient (Wildman–Crippen LogP) is 6.37. The van der Waals surface area contributed by atoms with Crippen molar-refractivity contribution in [2.24, 2.45) is 0 Å². The standard InChI is InChI=1S/C25H21FN4OS2/c1-3-16-9-11-19(12-10-16)30-15(2)21(24-28-23(29-31-24)20-8-5-13-33-20)22(27-25(30)32)17-6-4-7-18(26)14-17/h4-14,22H,3H2,1-2H3,(H,27,32). The minimum absolute atomic E-state index is 0.320. The van der Waals surface area contributed by atoms with E-state index in [1.54, 1.807) is 6.07 Å². The van der Waals surface area contributed by atoms with E-state index < -0.39 is 6.04 Å². The van der Waals surface area contributed by atoms with Crippen LogP contribution in [0.25, 0.3) is 16.3 Å². The van der Waals surface area contributed by atoms with E-state index in [-0.39, 0.29) is 5.82 Å². The molecule has 33 heavy (non-hydrogen) atoms. The zero-order chi connectivity index (χ0) is 22.9. The molecule has 0 bridgehead atoms. The highest BCUT2D eigenvalue weighted by Gasteiger charge is 2.35. The van der Waals surface area contributed by atoms with Crippen molar-refractivity contribution in [1.29, 1.82) is 0 Å². The molecule has 1 unspecified atom stereocenters. The molecular formula is C25H21FN4OS2. The second-order valence-electron chi connectivity index (χ2n) is 7.69. The molecule has 4 aromatic rings. The van der Waals surface area contributed by atoms with Crippen molar-refractivity contribution in [3.05, 3.63) is 94.6 Å². The van der Waals surface area contributed by atoms with Gasteiger partial charge in [-0.3, -0.25) is 4.90 Å². The van der Waals surface area contributed by atoms with E-state index in [0.717, 1.165) is 33.8 Å². The molecule has 0 saturated heterocycles. The molecule has 0 aliphatic carbocycles. The molecule has 1 aliphatic rings. The summed E-state index contributed by atoms with van der Waals surface area (Å²) in [7, 11) is 0. The van der Waals surface area contributed by atoms with Crippen LogP contribution in [0.2, 0.25) is 0 Å². The van der Waals surface area contributed by atoms with Crippen molar-refractivity contribution in [2.45, 2.75) is 26.3 Å². The third kappa shape index (κ3) is 4.07. The first-order valence-electron chi connectivity index (χ1n) is 10.6. The molecule has 3 heterocycles. The van der Waals surface area contributed by atoms with Crippen LogP contribution < -0.4 is 10.2 Å². The number of hydrogen-bond donors (Lipinski definition) is 1. The maximum atomic E-state index is 14.1. The van der Waals surface area contributed by atoms with Gasteiger partial charge in [0.05, 0.1) is 16.5 Å². The average molecular weight is 477 g/mol. The zero-order valence-electron chi connectivity index (χ0n) is 18.1. The van der Waals surface area contributed by atoms with Crippen molar-refractivity contribution >= 4 is 39.9 Å². The van der Waals surface area contributed by atoms with E-state index >= 15 is 0 Å². The Bertz CT molecular complexity index is 1330. The molecule has 2 aromatic carbocycles. The highest BCUT2D eigenvalue weighted by atomic mass is 32.1. The second kappa shape index (κ2) is 8.88. The summed E-state index contributed by atoms with van der Waals surface area (Å²) in [5, 5.41) is 10.0. The van der Waals surface area contributed by atoms with Crippen LogP contribution in [-0.4, -0.2) is 15.3 Å². The van der Waals surface area contributed by atoms with Crippen molar-refractivity contribution < 1.29 is 8.91 Å². The van der Waals surface area contributed by atoms with Crippen LogP contribution in [0, 0.1) is 5.82 Å². The van der Waals surface area contributed by atoms with Crippen molar-refractivity contribution in [2.75, 3.05) is 4.90 Å². The Hall–Kier alpha value is -3.36. The first-order chi connectivity index (χ1) is 16.0. The summed E-state index contributed by atoms with van der Waals surface area (Å²) < 4.78 is 19.8. The van der Waals surface area contributed by atoms with Crippen LogP contribution in [-0.2, 0) is 6.42 Å². The van der Waals surface area contributed by atoms with Crippen LogP contribution in [0.4, 0.5) is 10.1 Å². The molecule has 0 saturated carbocycles. The Kier molecular flexibility index (Phi) is 5.78. The number of nitrogens with zero attached hydrogens (tertiary/aromatic N) is 3. The monoisotopic (exact) mass is 476 g/mol. The lowest BCUT2D eigenvalue weighted by atomic mass is 9.94. The number of halogens is 1. The molecule has 0 fully saturated rings. The first-order valence-corrected chi connectivity index (χ1v) is 11.9. The molecule has 166 valence electrons. The molecule has 0 amide bonds. The fourth-order valence-corrected chi connectivity index (χ4v) is 5.00. The number of nitrogens with one attached hydrogen (secondary N) is 1. The quantitative estimate of drug-likeness (QED) is 0.338. The number of hydrogen-bond acceptors (Lipinski definition) is 5. The van der Waals surface area contributed by atoms with Crippen molar-refractivity contribution in [3.8, 4) is 10.7 Å². The van der Waals surface area contributed by atoms with E-state index in [9.17, 15) is 4.39 Å². The molecule has 0 radical (unpaired) electrons. The topological polar surface area (TPSA) is 54.2 Å². The van der Waals surface area contributed by atoms with E-state index in [2.05, 4.69) is 34.5 Å². The van der Waals surface area contributed by atoms with Crippen molar-refractivity contribution in [1.82, 2.24) is 15.5 Å². The Morgan fingerprint density at radius 1 is 1.15 bits per heavy atom. The van der Waals surface area contributed by atoms with Gasteiger partial charge in [-0.2, -0.15) is 4.98 Å². The predicted molar refractivity (Wildman–Crippen MR) is 133 cm³/mol. The van der Waals surface area contributed by atoms with E-state index in [0.29, 0.717) is 16.8 Å². The van der Waals surface area contributed by atoms with Gasteiger partial charge in [0.25, 0.3) is 5.89 Å². The van der Waals surface area contributed by atoms with Gasteiger partial charge in [-0.25, -0.2) is 4.39 Å². The van der Waals surface area contributed by atoms with Gasteiger partial charge in [0, 0.05) is 11.4 Å². The number of allylic oxidation sites excluding steroid dienone is 1. The van der Waals surface area contributed by atoms with Crippen LogP contribution >= 0.6 is 23.6 Å². The molecular weight excluding hydrogens is 455 g/mol. The number of aryl methyl sites for hydroxylation is 1. The lowest BCUT2D eigenvalue weighted by Gasteiger charge is -2.37. The lowest BCUT2D eigenvalue weighted by molar-refractivity contribution is 0.404. The number of rotatable bonds is 5. The van der Waals surface area contributed by atoms with Crippen LogP contribution in [0.5, 0.6) is 0 Å². The Balaban J connectivity index is 1.65. The van der Waals surface area contributed by atoms with Gasteiger partial charge < -0.3 is 9.84 Å². The Labute approximate surface area is 200 Å². The third-order valence-corrected chi connectivity index (χ3v) is 6.83. The van der Waals surface area contributed by atoms with Gasteiger partial charge in [-0.1, -0.05) is 42.4 Å². The van der Waals surface area contributed by atoms with Gasteiger partial charge in [-0.05, 0) is 72.4 Å². The van der Waals surface area contributed by atoms with Crippen LogP contribution in [0.3, 0.4) is 0 Å².